The van der Waals surface area contributed by atoms with Gasteiger partial charge in [-0.25, -0.2) is 0 Å². The molecule has 0 N–H and O–H groups in total. The van der Waals surface area contributed by atoms with E-state index in [1.807, 2.05) is 59.5 Å². The van der Waals surface area contributed by atoms with E-state index < -0.39 is 0 Å². The molecule has 2 amide bonds. The standard InChI is InChI=1S/C31H30ClN5O2/c1-23-7-9-25(10-8-23)28-15-16-29(34-33-28)35-17-19-36(20-18-35)30(38)22-37(21-24-5-3-2-4-6-24)31(39)26-11-13-27(32)14-12-26/h2-16H,17-22H2,1H3. The Hall–Kier alpha value is -4.23. The molecule has 0 saturated carbocycles. The lowest BCUT2D eigenvalue weighted by Gasteiger charge is -2.36. The molecular weight excluding hydrogens is 510 g/mol. The van der Waals surface area contributed by atoms with E-state index in [0.717, 1.165) is 22.6 Å². The molecule has 1 aromatic heterocycles. The molecule has 0 bridgehead atoms. The van der Waals surface area contributed by atoms with Crippen molar-refractivity contribution in [3.05, 3.63) is 113 Å². The summed E-state index contributed by atoms with van der Waals surface area (Å²) < 4.78 is 0. The van der Waals surface area contributed by atoms with Crippen LogP contribution in [0.4, 0.5) is 5.82 Å². The third-order valence-corrected chi connectivity index (χ3v) is 7.13. The molecule has 0 aliphatic carbocycles. The van der Waals surface area contributed by atoms with Gasteiger partial charge in [-0.3, -0.25) is 9.59 Å². The topological polar surface area (TPSA) is 69.6 Å². The van der Waals surface area contributed by atoms with Gasteiger partial charge < -0.3 is 14.7 Å². The number of nitrogens with zero attached hydrogens (tertiary/aromatic N) is 5. The second kappa shape index (κ2) is 12.1. The summed E-state index contributed by atoms with van der Waals surface area (Å²) in [6, 6.07) is 28.6. The van der Waals surface area contributed by atoms with Gasteiger partial charge in [0.15, 0.2) is 5.82 Å². The highest BCUT2D eigenvalue weighted by Crippen LogP contribution is 2.20. The first-order valence-corrected chi connectivity index (χ1v) is 13.4. The Morgan fingerprint density at radius 3 is 2.15 bits per heavy atom. The SMILES string of the molecule is Cc1ccc(-c2ccc(N3CCN(C(=O)CN(Cc4ccccc4)C(=O)c4ccc(Cl)cc4)CC3)nn2)cc1. The molecule has 8 heteroatoms. The Morgan fingerprint density at radius 2 is 1.51 bits per heavy atom. The van der Waals surface area contributed by atoms with E-state index >= 15 is 0 Å². The summed E-state index contributed by atoms with van der Waals surface area (Å²) in [7, 11) is 0. The van der Waals surface area contributed by atoms with Crippen molar-refractivity contribution in [1.82, 2.24) is 20.0 Å². The minimum Gasteiger partial charge on any atom is -0.352 e. The van der Waals surface area contributed by atoms with Crippen molar-refractivity contribution in [2.24, 2.45) is 0 Å². The Labute approximate surface area is 233 Å². The number of anilines is 1. The number of benzene rings is 3. The second-order valence-electron chi connectivity index (χ2n) is 9.66. The molecule has 0 atom stereocenters. The lowest BCUT2D eigenvalue weighted by molar-refractivity contribution is -0.132. The molecule has 3 aromatic carbocycles. The van der Waals surface area contributed by atoms with Gasteiger partial charge >= 0.3 is 0 Å². The fourth-order valence-electron chi connectivity index (χ4n) is 4.60. The third-order valence-electron chi connectivity index (χ3n) is 6.87. The van der Waals surface area contributed by atoms with Crippen LogP contribution in [0.1, 0.15) is 21.5 Å². The van der Waals surface area contributed by atoms with Gasteiger partial charge in [-0.15, -0.1) is 10.2 Å². The van der Waals surface area contributed by atoms with Crippen molar-refractivity contribution in [2.75, 3.05) is 37.6 Å². The van der Waals surface area contributed by atoms with E-state index in [0.29, 0.717) is 43.3 Å². The lowest BCUT2D eigenvalue weighted by atomic mass is 10.1. The van der Waals surface area contributed by atoms with Crippen molar-refractivity contribution in [1.29, 1.82) is 0 Å². The maximum Gasteiger partial charge on any atom is 0.254 e. The number of halogens is 1. The minimum atomic E-state index is -0.202. The summed E-state index contributed by atoms with van der Waals surface area (Å²) in [6.45, 7) is 4.80. The summed E-state index contributed by atoms with van der Waals surface area (Å²) in [5.74, 6) is 0.515. The van der Waals surface area contributed by atoms with E-state index in [1.165, 1.54) is 5.56 Å². The van der Waals surface area contributed by atoms with Crippen LogP contribution in [0.5, 0.6) is 0 Å². The number of hydrogen-bond donors (Lipinski definition) is 0. The van der Waals surface area contributed by atoms with E-state index in [2.05, 4.69) is 34.2 Å². The van der Waals surface area contributed by atoms with E-state index in [9.17, 15) is 9.59 Å². The highest BCUT2D eigenvalue weighted by molar-refractivity contribution is 6.30. The number of aryl methyl sites for hydroxylation is 1. The number of carbonyl (C=O) groups is 2. The molecule has 0 unspecified atom stereocenters. The van der Waals surface area contributed by atoms with E-state index in [4.69, 9.17) is 11.6 Å². The zero-order chi connectivity index (χ0) is 27.2. The normalized spacial score (nSPS) is 13.3. The highest BCUT2D eigenvalue weighted by Gasteiger charge is 2.26. The smallest absolute Gasteiger partial charge is 0.254 e. The van der Waals surface area contributed by atoms with Gasteiger partial charge in [0.2, 0.25) is 5.91 Å². The summed E-state index contributed by atoms with van der Waals surface area (Å²) in [5.41, 5.74) is 4.53. The first kappa shape index (κ1) is 26.4. The molecule has 39 heavy (non-hydrogen) atoms. The molecule has 1 aliphatic rings. The number of hydrogen-bond acceptors (Lipinski definition) is 5. The Kier molecular flexibility index (Phi) is 8.18. The first-order chi connectivity index (χ1) is 19.0. The maximum atomic E-state index is 13.4. The van der Waals surface area contributed by atoms with Crippen LogP contribution in [0.3, 0.4) is 0 Å². The molecule has 0 radical (unpaired) electrons. The second-order valence-corrected chi connectivity index (χ2v) is 10.1. The molecule has 1 saturated heterocycles. The Balaban J connectivity index is 1.21. The summed E-state index contributed by atoms with van der Waals surface area (Å²) >= 11 is 6.01. The van der Waals surface area contributed by atoms with Crippen molar-refractivity contribution >= 4 is 29.2 Å². The van der Waals surface area contributed by atoms with Gasteiger partial charge in [0, 0.05) is 48.9 Å². The summed E-state index contributed by atoms with van der Waals surface area (Å²) in [5, 5.41) is 9.42. The van der Waals surface area contributed by atoms with Crippen LogP contribution in [0.15, 0.2) is 91.0 Å². The molecule has 7 nitrogen and oxygen atoms in total. The Bertz CT molecular complexity index is 1400. The van der Waals surface area contributed by atoms with Crippen LogP contribution in [0.25, 0.3) is 11.3 Å². The van der Waals surface area contributed by atoms with E-state index in [-0.39, 0.29) is 18.4 Å². The molecule has 198 valence electrons. The molecule has 5 rings (SSSR count). The summed E-state index contributed by atoms with van der Waals surface area (Å²) in [6.07, 6.45) is 0. The number of carbonyl (C=O) groups excluding carboxylic acids is 2. The maximum absolute atomic E-state index is 13.4. The zero-order valence-electron chi connectivity index (χ0n) is 21.8. The molecule has 1 fully saturated rings. The predicted octanol–water partition coefficient (Wildman–Crippen LogP) is 5.10. The quantitative estimate of drug-likeness (QED) is 0.327. The van der Waals surface area contributed by atoms with Gasteiger partial charge in [0.1, 0.15) is 6.54 Å². The van der Waals surface area contributed by atoms with Gasteiger partial charge in [-0.05, 0) is 48.9 Å². The van der Waals surface area contributed by atoms with Crippen LogP contribution in [0.2, 0.25) is 5.02 Å². The first-order valence-electron chi connectivity index (χ1n) is 13.0. The lowest BCUT2D eigenvalue weighted by Crippen LogP contribution is -2.52. The van der Waals surface area contributed by atoms with Crippen molar-refractivity contribution in [3.63, 3.8) is 0 Å². The van der Waals surface area contributed by atoms with Gasteiger partial charge in [-0.1, -0.05) is 71.8 Å². The van der Waals surface area contributed by atoms with Gasteiger partial charge in [-0.2, -0.15) is 0 Å². The summed E-state index contributed by atoms with van der Waals surface area (Å²) in [4.78, 5) is 32.2. The van der Waals surface area contributed by atoms with Crippen LogP contribution in [-0.4, -0.2) is 64.5 Å². The largest absolute Gasteiger partial charge is 0.352 e. The fraction of sp³-hybridized carbons (Fsp3) is 0.226. The third kappa shape index (κ3) is 6.62. The average Bonchev–Trinajstić information content (AvgIpc) is 2.98. The predicted molar refractivity (Wildman–Crippen MR) is 154 cm³/mol. The van der Waals surface area contributed by atoms with Crippen LogP contribution in [0, 0.1) is 6.92 Å². The number of amides is 2. The molecule has 1 aliphatic heterocycles. The number of piperazine rings is 1. The van der Waals surface area contributed by atoms with Crippen molar-refractivity contribution < 1.29 is 9.59 Å². The monoisotopic (exact) mass is 539 g/mol. The van der Waals surface area contributed by atoms with Crippen LogP contribution >= 0.6 is 11.6 Å². The highest BCUT2D eigenvalue weighted by atomic mass is 35.5. The fourth-order valence-corrected chi connectivity index (χ4v) is 4.72. The Morgan fingerprint density at radius 1 is 0.821 bits per heavy atom. The van der Waals surface area contributed by atoms with Crippen LogP contribution < -0.4 is 4.90 Å². The molecular formula is C31H30ClN5O2. The van der Waals surface area contributed by atoms with E-state index in [1.54, 1.807) is 29.2 Å². The van der Waals surface area contributed by atoms with Crippen molar-refractivity contribution in [3.8, 4) is 11.3 Å². The van der Waals surface area contributed by atoms with Gasteiger partial charge in [0.05, 0.1) is 5.69 Å². The number of rotatable bonds is 7. The molecule has 0 spiro atoms. The van der Waals surface area contributed by atoms with Gasteiger partial charge in [0.25, 0.3) is 5.91 Å². The van der Waals surface area contributed by atoms with Crippen molar-refractivity contribution in [2.45, 2.75) is 13.5 Å². The average molecular weight is 540 g/mol. The van der Waals surface area contributed by atoms with Crippen LogP contribution in [-0.2, 0) is 11.3 Å². The molecule has 4 aromatic rings. The molecule has 2 heterocycles. The zero-order valence-corrected chi connectivity index (χ0v) is 22.6. The minimum absolute atomic E-state index is 0.00140. The number of aromatic nitrogens is 2.